The number of likely N-dealkylation sites (tertiary alicyclic amines) is 1. The van der Waals surface area contributed by atoms with Crippen LogP contribution in [-0.2, 0) is 24.3 Å². The molecule has 1 saturated heterocycles. The Balaban J connectivity index is 1.40. The van der Waals surface area contributed by atoms with E-state index in [0.29, 0.717) is 18.3 Å². The quantitative estimate of drug-likeness (QED) is 0.667. The van der Waals surface area contributed by atoms with Gasteiger partial charge in [0.2, 0.25) is 5.91 Å². The fraction of sp³-hybridized carbons (Fsp3) is 0.375. The van der Waals surface area contributed by atoms with Gasteiger partial charge >= 0.3 is 0 Å². The molecule has 0 unspecified atom stereocenters. The van der Waals surface area contributed by atoms with Crippen molar-refractivity contribution < 1.29 is 9.32 Å². The Bertz CT molecular complexity index is 1050. The predicted octanol–water partition coefficient (Wildman–Crippen LogP) is 3.59. The summed E-state index contributed by atoms with van der Waals surface area (Å²) < 4.78 is 5.53. The van der Waals surface area contributed by atoms with Crippen LogP contribution < -0.4 is 0 Å². The number of carbonyl (C=O) groups is 1. The molecule has 2 aliphatic heterocycles. The van der Waals surface area contributed by atoms with Crippen molar-refractivity contribution in [2.75, 3.05) is 13.1 Å². The minimum atomic E-state index is -0.182. The van der Waals surface area contributed by atoms with Crippen molar-refractivity contribution in [1.82, 2.24) is 19.9 Å². The van der Waals surface area contributed by atoms with Gasteiger partial charge in [-0.15, -0.1) is 0 Å². The van der Waals surface area contributed by atoms with E-state index in [-0.39, 0.29) is 11.9 Å². The third kappa shape index (κ3) is 3.75. The van der Waals surface area contributed by atoms with Gasteiger partial charge in [-0.1, -0.05) is 47.1 Å². The molecule has 0 aliphatic carbocycles. The molecule has 3 aromatic rings. The normalized spacial score (nSPS) is 19.1. The number of fused-ring (bicyclic) bond motifs is 1. The molecule has 0 bridgehead atoms. The molecule has 2 aromatic carbocycles. The third-order valence-electron chi connectivity index (χ3n) is 6.13. The summed E-state index contributed by atoms with van der Waals surface area (Å²) in [5.41, 5.74) is 4.60. The van der Waals surface area contributed by atoms with E-state index < -0.39 is 0 Å². The van der Waals surface area contributed by atoms with E-state index in [2.05, 4.69) is 39.3 Å². The van der Waals surface area contributed by atoms with Crippen LogP contribution in [0, 0.1) is 6.92 Å². The second kappa shape index (κ2) is 8.03. The van der Waals surface area contributed by atoms with Crippen LogP contribution in [0.25, 0.3) is 11.5 Å². The summed E-state index contributed by atoms with van der Waals surface area (Å²) in [7, 11) is 0. The lowest BCUT2D eigenvalue weighted by molar-refractivity contribution is -0.136. The Morgan fingerprint density at radius 3 is 2.70 bits per heavy atom. The molecule has 1 fully saturated rings. The standard InChI is InChI=1S/C24H26N4O2/c1-17-7-6-10-19(13-17)23-25-22(26-30-23)16-28-15-20-9-3-2-8-18(20)14-21(28)24(29)27-11-4-5-12-27/h2-3,6-10,13,21H,4-5,11-12,14-16H2,1H3/t21-/m0/s1. The lowest BCUT2D eigenvalue weighted by Crippen LogP contribution is -2.50. The maximum absolute atomic E-state index is 13.3. The molecule has 0 radical (unpaired) electrons. The molecule has 0 spiro atoms. The van der Waals surface area contributed by atoms with Gasteiger partial charge in [-0.2, -0.15) is 4.98 Å². The maximum atomic E-state index is 13.3. The highest BCUT2D eigenvalue weighted by Gasteiger charge is 2.35. The van der Waals surface area contributed by atoms with Gasteiger partial charge in [-0.3, -0.25) is 9.69 Å². The molecule has 1 amide bonds. The average molecular weight is 402 g/mol. The number of amides is 1. The number of benzene rings is 2. The van der Waals surface area contributed by atoms with Gasteiger partial charge in [-0.25, -0.2) is 0 Å². The van der Waals surface area contributed by atoms with Gasteiger partial charge in [0.25, 0.3) is 5.89 Å². The highest BCUT2D eigenvalue weighted by atomic mass is 16.5. The van der Waals surface area contributed by atoms with Crippen LogP contribution in [-0.4, -0.2) is 45.0 Å². The third-order valence-corrected chi connectivity index (χ3v) is 6.13. The maximum Gasteiger partial charge on any atom is 0.257 e. The summed E-state index contributed by atoms with van der Waals surface area (Å²) in [6, 6.07) is 16.3. The van der Waals surface area contributed by atoms with E-state index in [1.165, 1.54) is 11.1 Å². The zero-order chi connectivity index (χ0) is 20.5. The number of aromatic nitrogens is 2. The Hall–Kier alpha value is -2.99. The van der Waals surface area contributed by atoms with Crippen molar-refractivity contribution in [1.29, 1.82) is 0 Å². The SMILES string of the molecule is Cc1cccc(-c2nc(CN3Cc4ccccc4C[C@H]3C(=O)N3CCCC3)no2)c1. The second-order valence-corrected chi connectivity index (χ2v) is 8.31. The lowest BCUT2D eigenvalue weighted by Gasteiger charge is -2.37. The average Bonchev–Trinajstić information content (AvgIpc) is 3.45. The number of hydrogen-bond donors (Lipinski definition) is 0. The molecular formula is C24H26N4O2. The van der Waals surface area contributed by atoms with E-state index in [4.69, 9.17) is 4.52 Å². The van der Waals surface area contributed by atoms with Crippen molar-refractivity contribution in [3.8, 4) is 11.5 Å². The van der Waals surface area contributed by atoms with Crippen LogP contribution in [0.15, 0.2) is 53.1 Å². The molecule has 6 nitrogen and oxygen atoms in total. The van der Waals surface area contributed by atoms with Gasteiger partial charge in [0.1, 0.15) is 0 Å². The van der Waals surface area contributed by atoms with Crippen LogP contribution in [0.4, 0.5) is 0 Å². The van der Waals surface area contributed by atoms with Gasteiger partial charge in [0, 0.05) is 25.2 Å². The summed E-state index contributed by atoms with van der Waals surface area (Å²) in [5, 5.41) is 4.21. The van der Waals surface area contributed by atoms with Gasteiger partial charge < -0.3 is 9.42 Å². The highest BCUT2D eigenvalue weighted by Crippen LogP contribution is 2.27. The van der Waals surface area contributed by atoms with E-state index in [9.17, 15) is 4.79 Å². The molecule has 6 heteroatoms. The second-order valence-electron chi connectivity index (χ2n) is 8.31. The van der Waals surface area contributed by atoms with Crippen molar-refractivity contribution in [3.63, 3.8) is 0 Å². The first kappa shape index (κ1) is 19.0. The summed E-state index contributed by atoms with van der Waals surface area (Å²) >= 11 is 0. The molecule has 3 heterocycles. The zero-order valence-corrected chi connectivity index (χ0v) is 17.3. The fourth-order valence-electron chi connectivity index (χ4n) is 4.53. The molecule has 30 heavy (non-hydrogen) atoms. The van der Waals surface area contributed by atoms with Crippen LogP contribution in [0.1, 0.15) is 35.4 Å². The Morgan fingerprint density at radius 2 is 1.90 bits per heavy atom. The van der Waals surface area contributed by atoms with Crippen molar-refractivity contribution in [2.24, 2.45) is 0 Å². The Morgan fingerprint density at radius 1 is 1.10 bits per heavy atom. The van der Waals surface area contributed by atoms with Crippen LogP contribution >= 0.6 is 0 Å². The monoisotopic (exact) mass is 402 g/mol. The first-order valence-electron chi connectivity index (χ1n) is 10.7. The van der Waals surface area contributed by atoms with Crippen LogP contribution in [0.5, 0.6) is 0 Å². The molecule has 5 rings (SSSR count). The highest BCUT2D eigenvalue weighted by molar-refractivity contribution is 5.83. The number of aryl methyl sites for hydroxylation is 1. The summed E-state index contributed by atoms with van der Waals surface area (Å²) in [6.45, 7) is 4.98. The molecule has 2 aliphatic rings. The minimum Gasteiger partial charge on any atom is -0.341 e. The predicted molar refractivity (Wildman–Crippen MR) is 113 cm³/mol. The van der Waals surface area contributed by atoms with Crippen molar-refractivity contribution >= 4 is 5.91 Å². The zero-order valence-electron chi connectivity index (χ0n) is 17.3. The largest absolute Gasteiger partial charge is 0.341 e. The number of nitrogens with zero attached hydrogens (tertiary/aromatic N) is 4. The first-order valence-corrected chi connectivity index (χ1v) is 10.7. The van der Waals surface area contributed by atoms with Crippen molar-refractivity contribution in [3.05, 3.63) is 71.0 Å². The van der Waals surface area contributed by atoms with Crippen molar-refractivity contribution in [2.45, 2.75) is 45.3 Å². The number of rotatable bonds is 4. The smallest absolute Gasteiger partial charge is 0.257 e. The van der Waals surface area contributed by atoms with Gasteiger partial charge in [0.05, 0.1) is 12.6 Å². The minimum absolute atomic E-state index is 0.182. The van der Waals surface area contributed by atoms with Crippen LogP contribution in [0.2, 0.25) is 0 Å². The van der Waals surface area contributed by atoms with E-state index >= 15 is 0 Å². The molecule has 0 saturated carbocycles. The summed E-state index contributed by atoms with van der Waals surface area (Å²) in [4.78, 5) is 22.1. The molecule has 154 valence electrons. The lowest BCUT2D eigenvalue weighted by atomic mass is 9.93. The number of hydrogen-bond acceptors (Lipinski definition) is 5. The topological polar surface area (TPSA) is 62.5 Å². The Kier molecular flexibility index (Phi) is 5.09. The molecule has 1 atom stereocenters. The summed E-state index contributed by atoms with van der Waals surface area (Å²) in [6.07, 6.45) is 2.92. The van der Waals surface area contributed by atoms with E-state index in [1.807, 2.05) is 36.1 Å². The van der Waals surface area contributed by atoms with E-state index in [0.717, 1.165) is 50.0 Å². The molecule has 0 N–H and O–H groups in total. The van der Waals surface area contributed by atoms with E-state index in [1.54, 1.807) is 0 Å². The van der Waals surface area contributed by atoms with Crippen LogP contribution in [0.3, 0.4) is 0 Å². The van der Waals surface area contributed by atoms with Gasteiger partial charge in [0.15, 0.2) is 5.82 Å². The Labute approximate surface area is 176 Å². The summed E-state index contributed by atoms with van der Waals surface area (Å²) in [5.74, 6) is 1.36. The number of carbonyl (C=O) groups excluding carboxylic acids is 1. The fourth-order valence-corrected chi connectivity index (χ4v) is 4.53. The van der Waals surface area contributed by atoms with Gasteiger partial charge in [-0.05, 0) is 49.4 Å². The first-order chi connectivity index (χ1) is 14.7. The molecular weight excluding hydrogens is 376 g/mol. The molecule has 1 aromatic heterocycles.